The Bertz CT molecular complexity index is 1540. The molecule has 0 fully saturated rings. The third-order valence-corrected chi connectivity index (χ3v) is 5.92. The number of Topliss-reactive ketones (excluding diaryl/α,β-unsaturated/α-hetero) is 1. The lowest BCUT2D eigenvalue weighted by Gasteiger charge is -2.25. The van der Waals surface area contributed by atoms with E-state index in [2.05, 4.69) is 37.1 Å². The monoisotopic (exact) mass is 513 g/mol. The predicted molar refractivity (Wildman–Crippen MR) is 140 cm³/mol. The molecule has 0 saturated carbocycles. The van der Waals surface area contributed by atoms with Gasteiger partial charge in [-0.05, 0) is 51.7 Å². The first-order valence-corrected chi connectivity index (χ1v) is 11.9. The number of amides is 1. The molecule has 4 rings (SSSR count). The second-order valence-corrected chi connectivity index (χ2v) is 8.48. The van der Waals surface area contributed by atoms with E-state index in [0.717, 1.165) is 5.56 Å². The zero-order chi connectivity index (χ0) is 27.2. The normalized spacial score (nSPS) is 11.9. The van der Waals surface area contributed by atoms with Gasteiger partial charge in [-0.1, -0.05) is 12.0 Å². The number of aliphatic hydroxyl groups excluding tert-OH is 1. The Labute approximate surface area is 218 Å². The van der Waals surface area contributed by atoms with Crippen molar-refractivity contribution in [2.24, 2.45) is 0 Å². The minimum absolute atomic E-state index is 0.133. The highest BCUT2D eigenvalue weighted by Crippen LogP contribution is 2.28. The van der Waals surface area contributed by atoms with Gasteiger partial charge in [0.15, 0.2) is 11.4 Å². The number of allylic oxidation sites excluding steroid dienone is 1. The van der Waals surface area contributed by atoms with Crippen molar-refractivity contribution in [2.75, 3.05) is 12.3 Å². The Kier molecular flexibility index (Phi) is 7.88. The van der Waals surface area contributed by atoms with Crippen LogP contribution in [0.4, 0.5) is 5.82 Å². The molecule has 4 heterocycles. The van der Waals surface area contributed by atoms with E-state index in [1.54, 1.807) is 35.6 Å². The van der Waals surface area contributed by atoms with Crippen LogP contribution in [-0.4, -0.2) is 69.1 Å². The van der Waals surface area contributed by atoms with Crippen LogP contribution >= 0.6 is 0 Å². The smallest absolute Gasteiger partial charge is 0.295 e. The molecular formula is C26H27N9O3. The lowest BCUT2D eigenvalue weighted by molar-refractivity contribution is 0.0760. The van der Waals surface area contributed by atoms with E-state index in [0.29, 0.717) is 41.0 Å². The number of aliphatic hydroxyl groups is 1. The van der Waals surface area contributed by atoms with Gasteiger partial charge < -0.3 is 15.7 Å². The van der Waals surface area contributed by atoms with Gasteiger partial charge in [-0.3, -0.25) is 14.7 Å². The zero-order valence-corrected chi connectivity index (χ0v) is 21.2. The fraction of sp³-hybridized carbons (Fsp3) is 0.269. The van der Waals surface area contributed by atoms with Crippen LogP contribution in [0.2, 0.25) is 0 Å². The predicted octanol–water partition coefficient (Wildman–Crippen LogP) is 2.04. The topological polar surface area (TPSA) is 168 Å². The van der Waals surface area contributed by atoms with Gasteiger partial charge in [0, 0.05) is 29.6 Å². The molecule has 0 aromatic carbocycles. The maximum Gasteiger partial charge on any atom is 0.295 e. The molecule has 12 nitrogen and oxygen atoms in total. The molecule has 4 N–H and O–H groups in total. The third kappa shape index (κ3) is 5.28. The van der Waals surface area contributed by atoms with Crippen molar-refractivity contribution < 1.29 is 14.7 Å². The number of rotatable bonds is 8. The van der Waals surface area contributed by atoms with Crippen LogP contribution in [0.3, 0.4) is 0 Å². The fourth-order valence-corrected chi connectivity index (χ4v) is 4.08. The zero-order valence-electron chi connectivity index (χ0n) is 21.2. The molecule has 0 aliphatic carbocycles. The number of nitrogens with one attached hydrogen (secondary N) is 1. The molecular weight excluding hydrogens is 486 g/mol. The van der Waals surface area contributed by atoms with Crippen LogP contribution in [0.15, 0.2) is 43.1 Å². The van der Waals surface area contributed by atoms with E-state index in [4.69, 9.17) is 15.8 Å². The summed E-state index contributed by atoms with van der Waals surface area (Å²) in [5, 5.41) is 19.6. The first-order chi connectivity index (χ1) is 18.3. The van der Waals surface area contributed by atoms with Gasteiger partial charge in [-0.15, -0.1) is 0 Å². The minimum atomic E-state index is -0.319. The van der Waals surface area contributed by atoms with Crippen molar-refractivity contribution in [3.05, 3.63) is 65.9 Å². The van der Waals surface area contributed by atoms with Crippen LogP contribution in [0.5, 0.6) is 0 Å². The van der Waals surface area contributed by atoms with E-state index in [9.17, 15) is 9.59 Å². The van der Waals surface area contributed by atoms with Crippen LogP contribution in [0.25, 0.3) is 16.8 Å². The molecule has 38 heavy (non-hydrogen) atoms. The van der Waals surface area contributed by atoms with Crippen LogP contribution in [0.1, 0.15) is 59.6 Å². The van der Waals surface area contributed by atoms with E-state index < -0.39 is 0 Å². The Morgan fingerprint density at radius 3 is 2.74 bits per heavy atom. The maximum atomic E-state index is 12.9. The molecule has 0 aliphatic rings. The molecule has 1 atom stereocenters. The Morgan fingerprint density at radius 1 is 1.29 bits per heavy atom. The molecule has 4 aromatic heterocycles. The van der Waals surface area contributed by atoms with Gasteiger partial charge in [0.05, 0.1) is 17.5 Å². The molecule has 0 radical (unpaired) electrons. The number of hydrogen-bond donors (Lipinski definition) is 3. The molecule has 0 spiro atoms. The number of ketones is 1. The summed E-state index contributed by atoms with van der Waals surface area (Å²) < 4.78 is 1.44. The highest BCUT2D eigenvalue weighted by molar-refractivity contribution is 6.00. The summed E-state index contributed by atoms with van der Waals surface area (Å²) in [6, 6.07) is 3.32. The lowest BCUT2D eigenvalue weighted by Crippen LogP contribution is -2.35. The fourth-order valence-electron chi connectivity index (χ4n) is 4.08. The first-order valence-electron chi connectivity index (χ1n) is 11.9. The molecule has 1 unspecified atom stereocenters. The van der Waals surface area contributed by atoms with Gasteiger partial charge in [0.2, 0.25) is 5.82 Å². The number of carbonyl (C=O) groups excluding carboxylic acids is 2. The third-order valence-electron chi connectivity index (χ3n) is 5.92. The number of aromatic nitrogens is 7. The summed E-state index contributed by atoms with van der Waals surface area (Å²) in [5.41, 5.74) is 9.65. The van der Waals surface area contributed by atoms with Crippen molar-refractivity contribution in [2.45, 2.75) is 39.7 Å². The van der Waals surface area contributed by atoms with Crippen LogP contribution in [-0.2, 0) is 6.42 Å². The van der Waals surface area contributed by atoms with Crippen LogP contribution < -0.4 is 5.73 Å². The number of pyridine rings is 1. The molecule has 194 valence electrons. The number of carbonyl (C=O) groups is 2. The highest BCUT2D eigenvalue weighted by Gasteiger charge is 2.24. The summed E-state index contributed by atoms with van der Waals surface area (Å²) >= 11 is 0. The number of aryl methyl sites for hydroxylation is 1. The van der Waals surface area contributed by atoms with E-state index in [1.165, 1.54) is 17.8 Å². The van der Waals surface area contributed by atoms with Crippen molar-refractivity contribution >= 4 is 23.2 Å². The summed E-state index contributed by atoms with van der Waals surface area (Å²) in [5.74, 6) is 5.10. The van der Waals surface area contributed by atoms with Gasteiger partial charge in [0.25, 0.3) is 5.91 Å². The number of anilines is 1. The number of H-pyrrole nitrogens is 1. The second-order valence-electron chi connectivity index (χ2n) is 8.48. The Morgan fingerprint density at radius 2 is 2.11 bits per heavy atom. The number of hydrogen-bond acceptors (Lipinski definition) is 9. The molecule has 0 saturated heterocycles. The SMILES string of the molecule is C/C=C\N(C(=O)c1ncn[nH]1)C(C)CCc1nc2c(-c3ccc(C#CCO)nc3)cnn2c(N)c1C(C)=O. The summed E-state index contributed by atoms with van der Waals surface area (Å²) in [7, 11) is 0. The quantitative estimate of drug-likeness (QED) is 0.236. The van der Waals surface area contributed by atoms with Gasteiger partial charge in [-0.25, -0.2) is 15.0 Å². The summed E-state index contributed by atoms with van der Waals surface area (Å²) in [6.45, 7) is 4.91. The van der Waals surface area contributed by atoms with Gasteiger partial charge in [0.1, 0.15) is 24.4 Å². The summed E-state index contributed by atoms with van der Waals surface area (Å²) in [6.07, 6.45) is 8.87. The molecule has 4 aromatic rings. The molecule has 12 heteroatoms. The minimum Gasteiger partial charge on any atom is -0.384 e. The molecule has 0 bridgehead atoms. The maximum absolute atomic E-state index is 12.9. The lowest BCUT2D eigenvalue weighted by atomic mass is 10.0. The molecule has 0 aliphatic heterocycles. The largest absolute Gasteiger partial charge is 0.384 e. The van der Waals surface area contributed by atoms with E-state index in [1.807, 2.05) is 19.9 Å². The van der Waals surface area contributed by atoms with Crippen LogP contribution in [0, 0.1) is 11.8 Å². The second kappa shape index (κ2) is 11.4. The van der Waals surface area contributed by atoms with Crippen molar-refractivity contribution in [1.82, 2.24) is 39.7 Å². The standard InChI is InChI=1S/C26H27N9O3/c1-4-11-34(26(38)24-29-15-30-33-24)16(2)7-10-21-22(17(3)37)23(27)35-25(32-21)20(14-31-35)18-8-9-19(28-13-18)6-5-12-36/h4,8-9,11,13-16,36H,7,10,12,27H2,1-3H3,(H,29,30,33)/b11-4-. The average Bonchev–Trinajstić information content (AvgIpc) is 3.60. The number of aromatic amines is 1. The number of fused-ring (bicyclic) bond motifs is 1. The summed E-state index contributed by atoms with van der Waals surface area (Å²) in [4.78, 5) is 40.1. The van der Waals surface area contributed by atoms with E-state index >= 15 is 0 Å². The number of nitrogens with two attached hydrogens (primary N) is 1. The highest BCUT2D eigenvalue weighted by atomic mass is 16.2. The average molecular weight is 514 g/mol. The molecule has 1 amide bonds. The van der Waals surface area contributed by atoms with Crippen molar-refractivity contribution in [3.63, 3.8) is 0 Å². The van der Waals surface area contributed by atoms with Crippen molar-refractivity contribution in [1.29, 1.82) is 0 Å². The van der Waals surface area contributed by atoms with Gasteiger partial charge in [-0.2, -0.15) is 14.7 Å². The van der Waals surface area contributed by atoms with E-state index in [-0.39, 0.29) is 36.0 Å². The number of nitrogen functional groups attached to an aromatic ring is 1. The Hall–Kier alpha value is -4.89. The van der Waals surface area contributed by atoms with Crippen molar-refractivity contribution in [3.8, 4) is 23.0 Å². The number of nitrogens with zero attached hydrogens (tertiary/aromatic N) is 7. The first kappa shape index (κ1) is 26.2. The van der Waals surface area contributed by atoms with Gasteiger partial charge >= 0.3 is 0 Å². The Balaban J connectivity index is 1.67.